The van der Waals surface area contributed by atoms with Crippen molar-refractivity contribution in [1.29, 1.82) is 0 Å². The molecule has 1 aliphatic rings. The summed E-state index contributed by atoms with van der Waals surface area (Å²) in [5.41, 5.74) is 0. The van der Waals surface area contributed by atoms with Gasteiger partial charge in [-0.25, -0.2) is 4.98 Å². The summed E-state index contributed by atoms with van der Waals surface area (Å²) in [6.07, 6.45) is 4.31. The van der Waals surface area contributed by atoms with E-state index in [4.69, 9.17) is 4.74 Å². The summed E-state index contributed by atoms with van der Waals surface area (Å²) in [5, 5.41) is 6.54. The highest BCUT2D eigenvalue weighted by molar-refractivity contribution is 5.27. The summed E-state index contributed by atoms with van der Waals surface area (Å²) in [5.74, 6) is 1.20. The average molecular weight is 208 g/mol. The van der Waals surface area contributed by atoms with Crippen molar-refractivity contribution >= 4 is 5.95 Å². The lowest BCUT2D eigenvalue weighted by Gasteiger charge is -2.06. The standard InChI is InChI=1S/C10H16N4O/c1-15-9-4-5-12-10(14-9)13-7-6-11-8-2-3-8/h4-5,8,11H,2-3,6-7H2,1H3,(H,12,13,14). The molecule has 0 spiro atoms. The molecule has 5 heteroatoms. The van der Waals surface area contributed by atoms with Crippen LogP contribution in [0.25, 0.3) is 0 Å². The van der Waals surface area contributed by atoms with Gasteiger partial charge in [-0.2, -0.15) is 4.98 Å². The molecule has 1 heterocycles. The van der Waals surface area contributed by atoms with Crippen LogP contribution in [0.2, 0.25) is 0 Å². The lowest BCUT2D eigenvalue weighted by molar-refractivity contribution is 0.397. The van der Waals surface area contributed by atoms with Crippen molar-refractivity contribution < 1.29 is 4.74 Å². The number of nitrogens with one attached hydrogen (secondary N) is 2. The molecule has 0 atom stereocenters. The molecule has 1 aromatic heterocycles. The van der Waals surface area contributed by atoms with Gasteiger partial charge < -0.3 is 15.4 Å². The molecule has 0 saturated heterocycles. The van der Waals surface area contributed by atoms with Crippen LogP contribution >= 0.6 is 0 Å². The van der Waals surface area contributed by atoms with Gasteiger partial charge in [-0.05, 0) is 12.8 Å². The Hall–Kier alpha value is -1.36. The first-order valence-electron chi connectivity index (χ1n) is 5.23. The average Bonchev–Trinajstić information content (AvgIpc) is 3.09. The van der Waals surface area contributed by atoms with Crippen molar-refractivity contribution in [2.75, 3.05) is 25.5 Å². The van der Waals surface area contributed by atoms with E-state index in [0.717, 1.165) is 19.1 Å². The largest absolute Gasteiger partial charge is 0.481 e. The maximum Gasteiger partial charge on any atom is 0.225 e. The third kappa shape index (κ3) is 3.36. The fraction of sp³-hybridized carbons (Fsp3) is 0.600. The Morgan fingerprint density at radius 3 is 3.07 bits per heavy atom. The molecule has 1 aliphatic carbocycles. The van der Waals surface area contributed by atoms with Crippen LogP contribution in [0.1, 0.15) is 12.8 Å². The number of rotatable bonds is 6. The van der Waals surface area contributed by atoms with E-state index in [-0.39, 0.29) is 0 Å². The quantitative estimate of drug-likeness (QED) is 0.672. The number of hydrogen-bond acceptors (Lipinski definition) is 5. The van der Waals surface area contributed by atoms with Crippen molar-refractivity contribution in [2.24, 2.45) is 0 Å². The van der Waals surface area contributed by atoms with Crippen LogP contribution in [-0.2, 0) is 0 Å². The number of aromatic nitrogens is 2. The molecular formula is C10H16N4O. The molecule has 2 rings (SSSR count). The van der Waals surface area contributed by atoms with Crippen LogP contribution in [0.4, 0.5) is 5.95 Å². The molecule has 0 bridgehead atoms. The Balaban J connectivity index is 1.71. The first kappa shape index (κ1) is 10.2. The number of ether oxygens (including phenoxy) is 1. The van der Waals surface area contributed by atoms with Crippen LogP contribution in [0, 0.1) is 0 Å². The molecule has 15 heavy (non-hydrogen) atoms. The highest BCUT2D eigenvalue weighted by atomic mass is 16.5. The second-order valence-corrected chi connectivity index (χ2v) is 3.58. The summed E-state index contributed by atoms with van der Waals surface area (Å²) >= 11 is 0. The van der Waals surface area contributed by atoms with E-state index in [1.54, 1.807) is 19.4 Å². The number of hydrogen-bond donors (Lipinski definition) is 2. The highest BCUT2D eigenvalue weighted by Crippen LogP contribution is 2.17. The molecule has 82 valence electrons. The molecule has 0 aromatic carbocycles. The summed E-state index contributed by atoms with van der Waals surface area (Å²) in [6, 6.07) is 2.48. The zero-order valence-electron chi connectivity index (χ0n) is 8.86. The zero-order valence-corrected chi connectivity index (χ0v) is 8.86. The summed E-state index contributed by atoms with van der Waals surface area (Å²) in [6.45, 7) is 1.79. The van der Waals surface area contributed by atoms with Crippen LogP contribution in [0.5, 0.6) is 5.88 Å². The molecule has 5 nitrogen and oxygen atoms in total. The van der Waals surface area contributed by atoms with E-state index >= 15 is 0 Å². The predicted molar refractivity (Wildman–Crippen MR) is 58.1 cm³/mol. The van der Waals surface area contributed by atoms with E-state index in [2.05, 4.69) is 20.6 Å². The molecule has 1 aromatic rings. The first-order chi connectivity index (χ1) is 7.38. The number of methoxy groups -OCH3 is 1. The summed E-state index contributed by atoms with van der Waals surface area (Å²) < 4.78 is 5.00. The molecule has 0 amide bonds. The third-order valence-corrected chi connectivity index (χ3v) is 2.26. The lowest BCUT2D eigenvalue weighted by atomic mass is 10.5. The minimum absolute atomic E-state index is 0.586. The van der Waals surface area contributed by atoms with Gasteiger partial charge in [0.1, 0.15) is 0 Å². The van der Waals surface area contributed by atoms with E-state index in [1.807, 2.05) is 0 Å². The number of nitrogens with zero attached hydrogens (tertiary/aromatic N) is 2. The second-order valence-electron chi connectivity index (χ2n) is 3.58. The zero-order chi connectivity index (χ0) is 10.5. The van der Waals surface area contributed by atoms with E-state index in [0.29, 0.717) is 11.8 Å². The van der Waals surface area contributed by atoms with Crippen LogP contribution in [-0.4, -0.2) is 36.2 Å². The van der Waals surface area contributed by atoms with Crippen LogP contribution in [0.15, 0.2) is 12.3 Å². The lowest BCUT2D eigenvalue weighted by Crippen LogP contribution is -2.24. The Morgan fingerprint density at radius 1 is 1.47 bits per heavy atom. The monoisotopic (exact) mass is 208 g/mol. The van der Waals surface area contributed by atoms with E-state index < -0.39 is 0 Å². The van der Waals surface area contributed by atoms with Gasteiger partial charge in [0, 0.05) is 31.4 Å². The molecule has 0 unspecified atom stereocenters. The SMILES string of the molecule is COc1ccnc(NCCNC2CC2)n1. The maximum absolute atomic E-state index is 5.00. The fourth-order valence-electron chi connectivity index (χ4n) is 1.28. The fourth-order valence-corrected chi connectivity index (χ4v) is 1.28. The normalized spacial score (nSPS) is 15.0. The summed E-state index contributed by atoms with van der Waals surface area (Å²) in [4.78, 5) is 8.24. The van der Waals surface area contributed by atoms with Gasteiger partial charge in [-0.15, -0.1) is 0 Å². The number of anilines is 1. The third-order valence-electron chi connectivity index (χ3n) is 2.26. The van der Waals surface area contributed by atoms with Gasteiger partial charge in [0.2, 0.25) is 11.8 Å². The van der Waals surface area contributed by atoms with Gasteiger partial charge in [0.25, 0.3) is 0 Å². The second kappa shape index (κ2) is 4.93. The van der Waals surface area contributed by atoms with Gasteiger partial charge in [0.15, 0.2) is 0 Å². The predicted octanol–water partition coefficient (Wildman–Crippen LogP) is 0.649. The topological polar surface area (TPSA) is 59.1 Å². The van der Waals surface area contributed by atoms with Crippen LogP contribution < -0.4 is 15.4 Å². The van der Waals surface area contributed by atoms with Crippen molar-refractivity contribution in [1.82, 2.24) is 15.3 Å². The minimum Gasteiger partial charge on any atom is -0.481 e. The molecule has 0 aliphatic heterocycles. The van der Waals surface area contributed by atoms with E-state index in [1.165, 1.54) is 12.8 Å². The highest BCUT2D eigenvalue weighted by Gasteiger charge is 2.19. The van der Waals surface area contributed by atoms with Crippen LogP contribution in [0.3, 0.4) is 0 Å². The Bertz CT molecular complexity index is 314. The maximum atomic E-state index is 5.00. The molecule has 2 N–H and O–H groups in total. The van der Waals surface area contributed by atoms with Gasteiger partial charge in [0.05, 0.1) is 7.11 Å². The van der Waals surface area contributed by atoms with Crippen molar-refractivity contribution in [2.45, 2.75) is 18.9 Å². The van der Waals surface area contributed by atoms with Crippen molar-refractivity contribution in [3.05, 3.63) is 12.3 Å². The van der Waals surface area contributed by atoms with Gasteiger partial charge in [-0.3, -0.25) is 0 Å². The molecular weight excluding hydrogens is 192 g/mol. The van der Waals surface area contributed by atoms with Gasteiger partial charge >= 0.3 is 0 Å². The van der Waals surface area contributed by atoms with Crippen molar-refractivity contribution in [3.8, 4) is 5.88 Å². The Morgan fingerprint density at radius 2 is 2.33 bits per heavy atom. The molecule has 1 saturated carbocycles. The first-order valence-corrected chi connectivity index (χ1v) is 5.23. The molecule has 1 fully saturated rings. The van der Waals surface area contributed by atoms with Gasteiger partial charge in [-0.1, -0.05) is 0 Å². The molecule has 0 radical (unpaired) electrons. The Labute approximate surface area is 89.3 Å². The van der Waals surface area contributed by atoms with Crippen molar-refractivity contribution in [3.63, 3.8) is 0 Å². The minimum atomic E-state index is 0.586. The smallest absolute Gasteiger partial charge is 0.225 e. The van der Waals surface area contributed by atoms with E-state index in [9.17, 15) is 0 Å². The Kier molecular flexibility index (Phi) is 3.34. The summed E-state index contributed by atoms with van der Waals surface area (Å²) in [7, 11) is 1.60.